The number of rotatable bonds is 9. The van der Waals surface area contributed by atoms with Crippen molar-refractivity contribution < 1.29 is 13.2 Å². The lowest BCUT2D eigenvalue weighted by Gasteiger charge is -2.32. The molecule has 2 aromatic carbocycles. The molecular weight excluding hydrogens is 470 g/mol. The van der Waals surface area contributed by atoms with Gasteiger partial charge in [-0.05, 0) is 74.4 Å². The van der Waals surface area contributed by atoms with E-state index in [4.69, 9.17) is 11.6 Å². The van der Waals surface area contributed by atoms with E-state index >= 15 is 0 Å². The topological polar surface area (TPSA) is 69.7 Å². The van der Waals surface area contributed by atoms with Crippen LogP contribution in [0.3, 0.4) is 0 Å². The fraction of sp³-hybridized carbons (Fsp3) is 0.500. The summed E-state index contributed by atoms with van der Waals surface area (Å²) in [7, 11) is -3.50. The molecule has 0 bridgehead atoms. The molecule has 186 valence electrons. The number of halogens is 1. The van der Waals surface area contributed by atoms with Crippen molar-refractivity contribution in [1.82, 2.24) is 5.32 Å². The van der Waals surface area contributed by atoms with Gasteiger partial charge in [0, 0.05) is 36.8 Å². The Morgan fingerprint density at radius 1 is 1.18 bits per heavy atom. The average Bonchev–Trinajstić information content (AvgIpc) is 2.79. The number of nitrogens with one attached hydrogen (secondary N) is 1. The van der Waals surface area contributed by atoms with Gasteiger partial charge in [0.1, 0.15) is 0 Å². The van der Waals surface area contributed by atoms with Gasteiger partial charge in [0.25, 0.3) is 0 Å². The zero-order valence-electron chi connectivity index (χ0n) is 20.6. The van der Waals surface area contributed by atoms with E-state index in [2.05, 4.69) is 41.4 Å². The zero-order chi connectivity index (χ0) is 24.9. The van der Waals surface area contributed by atoms with Crippen molar-refractivity contribution in [2.45, 2.75) is 52.5 Å². The van der Waals surface area contributed by atoms with E-state index in [1.54, 1.807) is 25.1 Å². The summed E-state index contributed by atoms with van der Waals surface area (Å²) in [5.41, 5.74) is 3.53. The van der Waals surface area contributed by atoms with Gasteiger partial charge in [-0.2, -0.15) is 0 Å². The van der Waals surface area contributed by atoms with Crippen LogP contribution in [0.2, 0.25) is 5.02 Å². The summed E-state index contributed by atoms with van der Waals surface area (Å²) in [6, 6.07) is 13.5. The van der Waals surface area contributed by atoms with Crippen molar-refractivity contribution in [2.24, 2.45) is 5.92 Å². The highest BCUT2D eigenvalue weighted by molar-refractivity contribution is 7.92. The minimum absolute atomic E-state index is 0.0992. The summed E-state index contributed by atoms with van der Waals surface area (Å²) in [5.74, 6) is 0.697. The molecule has 3 rings (SSSR count). The molecule has 8 heteroatoms. The first-order chi connectivity index (χ1) is 16.1. The molecule has 1 aliphatic heterocycles. The molecule has 0 aromatic heterocycles. The zero-order valence-corrected chi connectivity index (χ0v) is 22.1. The van der Waals surface area contributed by atoms with Gasteiger partial charge in [-0.15, -0.1) is 0 Å². The van der Waals surface area contributed by atoms with E-state index in [0.717, 1.165) is 24.6 Å². The molecule has 1 amide bonds. The Hall–Kier alpha value is -2.25. The number of sulfonamides is 1. The minimum Gasteiger partial charge on any atom is -0.372 e. The first kappa shape index (κ1) is 26.4. The maximum Gasteiger partial charge on any atom is 0.232 e. The lowest BCUT2D eigenvalue weighted by Crippen LogP contribution is -2.33. The third-order valence-corrected chi connectivity index (χ3v) is 8.18. The second-order valence-corrected chi connectivity index (χ2v) is 11.7. The second kappa shape index (κ2) is 11.5. The molecule has 1 atom stereocenters. The molecule has 0 aliphatic carbocycles. The van der Waals surface area contributed by atoms with Crippen molar-refractivity contribution in [2.75, 3.05) is 35.1 Å². The number of hydrogen-bond acceptors (Lipinski definition) is 4. The normalized spacial score (nSPS) is 15.7. The Bertz CT molecular complexity index is 1080. The smallest absolute Gasteiger partial charge is 0.232 e. The quantitative estimate of drug-likeness (QED) is 0.501. The van der Waals surface area contributed by atoms with E-state index in [9.17, 15) is 13.2 Å². The largest absolute Gasteiger partial charge is 0.372 e. The van der Waals surface area contributed by atoms with Crippen LogP contribution in [-0.2, 0) is 14.8 Å². The average molecular weight is 506 g/mol. The number of piperidine rings is 1. The number of carbonyl (C=O) groups excluding carboxylic acids is 1. The van der Waals surface area contributed by atoms with Gasteiger partial charge < -0.3 is 10.2 Å². The Morgan fingerprint density at radius 2 is 1.82 bits per heavy atom. The Labute approximate surface area is 209 Å². The van der Waals surface area contributed by atoms with Crippen molar-refractivity contribution >= 4 is 38.9 Å². The van der Waals surface area contributed by atoms with Crippen molar-refractivity contribution in [3.05, 3.63) is 58.6 Å². The molecule has 1 aliphatic rings. The van der Waals surface area contributed by atoms with Crippen LogP contribution in [0.25, 0.3) is 0 Å². The van der Waals surface area contributed by atoms with E-state index in [-0.39, 0.29) is 24.9 Å². The molecular formula is C26H36ClN3O3S. The summed E-state index contributed by atoms with van der Waals surface area (Å²) < 4.78 is 26.1. The number of anilines is 2. The third-order valence-electron chi connectivity index (χ3n) is 6.59. The van der Waals surface area contributed by atoms with Gasteiger partial charge in [0.15, 0.2) is 0 Å². The van der Waals surface area contributed by atoms with Gasteiger partial charge >= 0.3 is 0 Å². The third kappa shape index (κ3) is 6.89. The maximum absolute atomic E-state index is 12.6. The monoisotopic (exact) mass is 505 g/mol. The number of benzene rings is 2. The standard InChI is InChI=1S/C26H36ClN3O3S/c1-19-14-17-29(18-15-19)23-12-10-22(11-13-23)21(3)28-26(31)9-6-16-30(34(4,32)33)25-8-5-7-24(27)20(25)2/h5,7-8,10-13,19,21H,6,9,14-18H2,1-4H3,(H,28,31)/t21-/m0/s1. The molecule has 0 radical (unpaired) electrons. The molecule has 0 unspecified atom stereocenters. The Kier molecular flexibility index (Phi) is 8.88. The summed E-state index contributed by atoms with van der Waals surface area (Å²) in [4.78, 5) is 15.0. The highest BCUT2D eigenvalue weighted by Gasteiger charge is 2.21. The highest BCUT2D eigenvalue weighted by atomic mass is 35.5. The van der Waals surface area contributed by atoms with Crippen LogP contribution in [0.4, 0.5) is 11.4 Å². The van der Waals surface area contributed by atoms with Gasteiger partial charge in [-0.1, -0.05) is 36.7 Å². The highest BCUT2D eigenvalue weighted by Crippen LogP contribution is 2.29. The molecule has 1 N–H and O–H groups in total. The van der Waals surface area contributed by atoms with E-state index < -0.39 is 10.0 Å². The number of amides is 1. The molecule has 2 aromatic rings. The molecule has 1 heterocycles. The van der Waals surface area contributed by atoms with Crippen LogP contribution in [0.5, 0.6) is 0 Å². The Morgan fingerprint density at radius 3 is 2.44 bits per heavy atom. The molecule has 6 nitrogen and oxygen atoms in total. The van der Waals surface area contributed by atoms with Crippen LogP contribution in [-0.4, -0.2) is 40.2 Å². The van der Waals surface area contributed by atoms with E-state index in [1.807, 2.05) is 6.92 Å². The molecule has 1 fully saturated rings. The van der Waals surface area contributed by atoms with Gasteiger partial charge in [0.05, 0.1) is 18.0 Å². The number of nitrogens with zero attached hydrogens (tertiary/aromatic N) is 2. The summed E-state index contributed by atoms with van der Waals surface area (Å²) in [6.45, 7) is 8.46. The first-order valence-corrected chi connectivity index (χ1v) is 14.2. The fourth-order valence-electron chi connectivity index (χ4n) is 4.35. The van der Waals surface area contributed by atoms with Gasteiger partial charge in [-0.25, -0.2) is 8.42 Å². The van der Waals surface area contributed by atoms with Crippen LogP contribution >= 0.6 is 11.6 Å². The van der Waals surface area contributed by atoms with E-state index in [0.29, 0.717) is 22.7 Å². The van der Waals surface area contributed by atoms with Crippen molar-refractivity contribution in [1.29, 1.82) is 0 Å². The Balaban J connectivity index is 1.53. The number of carbonyl (C=O) groups is 1. The van der Waals surface area contributed by atoms with Gasteiger partial charge in [0.2, 0.25) is 15.9 Å². The van der Waals surface area contributed by atoms with Crippen molar-refractivity contribution in [3.8, 4) is 0 Å². The van der Waals surface area contributed by atoms with Gasteiger partial charge in [-0.3, -0.25) is 9.10 Å². The summed E-state index contributed by atoms with van der Waals surface area (Å²) in [6.07, 6.45) is 4.26. The first-order valence-electron chi connectivity index (χ1n) is 11.9. The van der Waals surface area contributed by atoms with Crippen LogP contribution in [0.1, 0.15) is 56.7 Å². The lowest BCUT2D eigenvalue weighted by molar-refractivity contribution is -0.121. The SMILES string of the molecule is Cc1c(Cl)cccc1N(CCCC(=O)N[C@@H](C)c1ccc(N2CCC(C)CC2)cc1)S(C)(=O)=O. The minimum atomic E-state index is -3.50. The molecule has 0 spiro atoms. The predicted molar refractivity (Wildman–Crippen MR) is 141 cm³/mol. The van der Waals surface area contributed by atoms with Crippen LogP contribution in [0, 0.1) is 12.8 Å². The van der Waals surface area contributed by atoms with Crippen LogP contribution in [0.15, 0.2) is 42.5 Å². The molecule has 1 saturated heterocycles. The summed E-state index contributed by atoms with van der Waals surface area (Å²) >= 11 is 6.18. The molecule has 0 saturated carbocycles. The lowest BCUT2D eigenvalue weighted by atomic mass is 9.98. The van der Waals surface area contributed by atoms with Crippen LogP contribution < -0.4 is 14.5 Å². The second-order valence-electron chi connectivity index (χ2n) is 9.37. The summed E-state index contributed by atoms with van der Waals surface area (Å²) in [5, 5.41) is 3.54. The van der Waals surface area contributed by atoms with Crippen molar-refractivity contribution in [3.63, 3.8) is 0 Å². The number of hydrogen-bond donors (Lipinski definition) is 1. The fourth-order valence-corrected chi connectivity index (χ4v) is 5.54. The molecule has 34 heavy (non-hydrogen) atoms. The predicted octanol–water partition coefficient (Wildman–Crippen LogP) is 5.31. The maximum atomic E-state index is 12.6. The van der Waals surface area contributed by atoms with E-state index in [1.165, 1.54) is 29.1 Å².